The number of carbonyl (C=O) groups is 2. The SMILES string of the molecule is CC(C)CNC(=O)[C@H](C)OC(=O)/C=C/c1ccccc1Br. The van der Waals surface area contributed by atoms with Crippen molar-refractivity contribution in [3.05, 3.63) is 40.4 Å². The highest BCUT2D eigenvalue weighted by Crippen LogP contribution is 2.17. The predicted octanol–water partition coefficient (Wildman–Crippen LogP) is 3.17. The Kier molecular flexibility index (Phi) is 7.15. The fourth-order valence-electron chi connectivity index (χ4n) is 1.48. The molecule has 0 bridgehead atoms. The Hall–Kier alpha value is -1.62. The lowest BCUT2D eigenvalue weighted by atomic mass is 10.2. The van der Waals surface area contributed by atoms with Gasteiger partial charge in [0.2, 0.25) is 0 Å². The van der Waals surface area contributed by atoms with Gasteiger partial charge in [-0.3, -0.25) is 4.79 Å². The number of carbonyl (C=O) groups excluding carboxylic acids is 2. The average molecular weight is 354 g/mol. The molecule has 0 aliphatic carbocycles. The van der Waals surface area contributed by atoms with Gasteiger partial charge in [0.15, 0.2) is 6.10 Å². The van der Waals surface area contributed by atoms with E-state index < -0.39 is 12.1 Å². The highest BCUT2D eigenvalue weighted by atomic mass is 79.9. The fraction of sp³-hybridized carbons (Fsp3) is 0.375. The molecule has 114 valence electrons. The largest absolute Gasteiger partial charge is 0.449 e. The summed E-state index contributed by atoms with van der Waals surface area (Å²) in [5.41, 5.74) is 0.867. The summed E-state index contributed by atoms with van der Waals surface area (Å²) < 4.78 is 5.94. The van der Waals surface area contributed by atoms with Gasteiger partial charge in [-0.1, -0.05) is 48.0 Å². The molecule has 4 nitrogen and oxygen atoms in total. The molecule has 0 saturated heterocycles. The molecule has 1 aromatic rings. The van der Waals surface area contributed by atoms with Gasteiger partial charge in [0.05, 0.1) is 0 Å². The first-order chi connectivity index (χ1) is 9.90. The molecule has 0 saturated carbocycles. The fourth-order valence-corrected chi connectivity index (χ4v) is 1.90. The minimum Gasteiger partial charge on any atom is -0.449 e. The number of nitrogens with one attached hydrogen (secondary N) is 1. The van der Waals surface area contributed by atoms with E-state index in [9.17, 15) is 9.59 Å². The molecule has 1 N–H and O–H groups in total. The van der Waals surface area contributed by atoms with Gasteiger partial charge < -0.3 is 10.1 Å². The summed E-state index contributed by atoms with van der Waals surface area (Å²) in [6.07, 6.45) is 2.15. The lowest BCUT2D eigenvalue weighted by Gasteiger charge is -2.13. The monoisotopic (exact) mass is 353 g/mol. The van der Waals surface area contributed by atoms with Gasteiger partial charge in [0.1, 0.15) is 0 Å². The summed E-state index contributed by atoms with van der Waals surface area (Å²) in [5, 5.41) is 2.72. The van der Waals surface area contributed by atoms with Crippen LogP contribution in [0.1, 0.15) is 26.3 Å². The van der Waals surface area contributed by atoms with Crippen LogP contribution in [-0.4, -0.2) is 24.5 Å². The minimum atomic E-state index is -0.805. The van der Waals surface area contributed by atoms with E-state index in [1.54, 1.807) is 13.0 Å². The van der Waals surface area contributed by atoms with Crippen LogP contribution in [-0.2, 0) is 14.3 Å². The Bertz CT molecular complexity index is 526. The van der Waals surface area contributed by atoms with E-state index >= 15 is 0 Å². The lowest BCUT2D eigenvalue weighted by molar-refractivity contribution is -0.150. The van der Waals surface area contributed by atoms with Crippen molar-refractivity contribution in [2.75, 3.05) is 6.54 Å². The second-order valence-corrected chi connectivity index (χ2v) is 5.93. The van der Waals surface area contributed by atoms with Crippen molar-refractivity contribution < 1.29 is 14.3 Å². The Balaban J connectivity index is 2.50. The molecule has 5 heteroatoms. The summed E-state index contributed by atoms with van der Waals surface area (Å²) in [5.74, 6) is -0.475. The van der Waals surface area contributed by atoms with Gasteiger partial charge in [-0.05, 0) is 30.5 Å². The lowest BCUT2D eigenvalue weighted by Crippen LogP contribution is -2.37. The molecule has 0 radical (unpaired) electrons. The van der Waals surface area contributed by atoms with Crippen molar-refractivity contribution in [2.45, 2.75) is 26.9 Å². The molecule has 21 heavy (non-hydrogen) atoms. The Morgan fingerprint density at radius 3 is 2.57 bits per heavy atom. The molecule has 0 fully saturated rings. The van der Waals surface area contributed by atoms with Crippen molar-refractivity contribution in [3.8, 4) is 0 Å². The maximum absolute atomic E-state index is 11.7. The maximum atomic E-state index is 11.7. The first-order valence-corrected chi connectivity index (χ1v) is 7.60. The molecule has 0 aliphatic rings. The number of amides is 1. The standard InChI is InChI=1S/C16H20BrNO3/c1-11(2)10-18-16(20)12(3)21-15(19)9-8-13-6-4-5-7-14(13)17/h4-9,11-12H,10H2,1-3H3,(H,18,20)/b9-8+/t12-/m0/s1. The quantitative estimate of drug-likeness (QED) is 0.631. The van der Waals surface area contributed by atoms with Crippen molar-refractivity contribution in [1.29, 1.82) is 0 Å². The molecular weight excluding hydrogens is 334 g/mol. The van der Waals surface area contributed by atoms with Crippen LogP contribution in [0.4, 0.5) is 0 Å². The number of hydrogen-bond acceptors (Lipinski definition) is 3. The molecule has 0 heterocycles. The van der Waals surface area contributed by atoms with Crippen LogP contribution in [0.3, 0.4) is 0 Å². The van der Waals surface area contributed by atoms with Crippen LogP contribution in [0.5, 0.6) is 0 Å². The van der Waals surface area contributed by atoms with Crippen LogP contribution in [0.15, 0.2) is 34.8 Å². The zero-order chi connectivity index (χ0) is 15.8. The van der Waals surface area contributed by atoms with Gasteiger partial charge in [-0.25, -0.2) is 4.79 Å². The number of hydrogen-bond donors (Lipinski definition) is 1. The van der Waals surface area contributed by atoms with Gasteiger partial charge in [0.25, 0.3) is 5.91 Å². The summed E-state index contributed by atoms with van der Waals surface area (Å²) in [6, 6.07) is 7.51. The first kappa shape index (κ1) is 17.4. The zero-order valence-electron chi connectivity index (χ0n) is 12.4. The van der Waals surface area contributed by atoms with E-state index in [2.05, 4.69) is 21.2 Å². The van der Waals surface area contributed by atoms with E-state index in [1.165, 1.54) is 6.08 Å². The molecule has 1 amide bonds. The smallest absolute Gasteiger partial charge is 0.331 e. The third-order valence-electron chi connectivity index (χ3n) is 2.65. The first-order valence-electron chi connectivity index (χ1n) is 6.81. The number of rotatable bonds is 6. The highest BCUT2D eigenvalue weighted by Gasteiger charge is 2.16. The molecule has 0 unspecified atom stereocenters. The van der Waals surface area contributed by atoms with Crippen molar-refractivity contribution in [2.24, 2.45) is 5.92 Å². The highest BCUT2D eigenvalue weighted by molar-refractivity contribution is 9.10. The van der Waals surface area contributed by atoms with Gasteiger partial charge in [-0.15, -0.1) is 0 Å². The molecule has 1 atom stereocenters. The van der Waals surface area contributed by atoms with E-state index in [0.29, 0.717) is 12.5 Å². The second kappa shape index (κ2) is 8.62. The Morgan fingerprint density at radius 1 is 1.29 bits per heavy atom. The van der Waals surface area contributed by atoms with Crippen LogP contribution in [0, 0.1) is 5.92 Å². The molecule has 0 aliphatic heterocycles. The molecule has 0 spiro atoms. The van der Waals surface area contributed by atoms with Crippen LogP contribution < -0.4 is 5.32 Å². The predicted molar refractivity (Wildman–Crippen MR) is 86.6 cm³/mol. The summed E-state index contributed by atoms with van der Waals surface area (Å²) in [4.78, 5) is 23.4. The summed E-state index contributed by atoms with van der Waals surface area (Å²) in [6.45, 7) is 6.11. The van der Waals surface area contributed by atoms with Crippen molar-refractivity contribution in [3.63, 3.8) is 0 Å². The van der Waals surface area contributed by atoms with Crippen molar-refractivity contribution >= 4 is 33.9 Å². The molecule has 1 rings (SSSR count). The second-order valence-electron chi connectivity index (χ2n) is 5.07. The zero-order valence-corrected chi connectivity index (χ0v) is 14.0. The number of ether oxygens (including phenoxy) is 1. The number of esters is 1. The Labute approximate surface area is 133 Å². The van der Waals surface area contributed by atoms with E-state index in [-0.39, 0.29) is 5.91 Å². The van der Waals surface area contributed by atoms with E-state index in [4.69, 9.17) is 4.74 Å². The van der Waals surface area contributed by atoms with Crippen LogP contribution in [0.25, 0.3) is 6.08 Å². The molecule has 0 aromatic heterocycles. The van der Waals surface area contributed by atoms with E-state index in [1.807, 2.05) is 38.1 Å². The normalized spacial score (nSPS) is 12.4. The van der Waals surface area contributed by atoms with E-state index in [0.717, 1.165) is 10.0 Å². The van der Waals surface area contributed by atoms with Gasteiger partial charge >= 0.3 is 5.97 Å². The third kappa shape index (κ3) is 6.58. The average Bonchev–Trinajstić information content (AvgIpc) is 2.43. The number of benzene rings is 1. The summed E-state index contributed by atoms with van der Waals surface area (Å²) in [7, 11) is 0. The molecular formula is C16H20BrNO3. The van der Waals surface area contributed by atoms with Gasteiger partial charge in [0, 0.05) is 17.1 Å². The summed E-state index contributed by atoms with van der Waals surface area (Å²) >= 11 is 3.39. The van der Waals surface area contributed by atoms with Gasteiger partial charge in [-0.2, -0.15) is 0 Å². The number of halogens is 1. The third-order valence-corrected chi connectivity index (χ3v) is 3.37. The van der Waals surface area contributed by atoms with Crippen LogP contribution >= 0.6 is 15.9 Å². The van der Waals surface area contributed by atoms with Crippen LogP contribution in [0.2, 0.25) is 0 Å². The van der Waals surface area contributed by atoms with Crippen molar-refractivity contribution in [1.82, 2.24) is 5.32 Å². The molecule has 1 aromatic carbocycles. The minimum absolute atomic E-state index is 0.286. The maximum Gasteiger partial charge on any atom is 0.331 e. The topological polar surface area (TPSA) is 55.4 Å². The Morgan fingerprint density at radius 2 is 1.95 bits per heavy atom.